The van der Waals surface area contributed by atoms with Crippen LogP contribution in [0.4, 0.5) is 5.69 Å². The molecule has 3 heterocycles. The summed E-state index contributed by atoms with van der Waals surface area (Å²) in [5, 5.41) is 2.76. The molecule has 94 valence electrons. The average molecular weight is 254 g/mol. The maximum Gasteiger partial charge on any atom is 0.275 e. The summed E-state index contributed by atoms with van der Waals surface area (Å²) in [7, 11) is 0. The Morgan fingerprint density at radius 2 is 2.42 bits per heavy atom. The third kappa shape index (κ3) is 1.56. The zero-order valence-corrected chi connectivity index (χ0v) is 10.2. The van der Waals surface area contributed by atoms with Gasteiger partial charge in [-0.2, -0.15) is 0 Å². The number of furan rings is 1. The molecule has 0 fully saturated rings. The van der Waals surface area contributed by atoms with E-state index in [2.05, 4.69) is 14.9 Å². The molecule has 0 bridgehead atoms. The third-order valence-electron chi connectivity index (χ3n) is 3.00. The van der Waals surface area contributed by atoms with E-state index < -0.39 is 0 Å². The van der Waals surface area contributed by atoms with Crippen LogP contribution in [0.3, 0.4) is 0 Å². The fourth-order valence-electron chi connectivity index (χ4n) is 2.08. The summed E-state index contributed by atoms with van der Waals surface area (Å²) in [6.45, 7) is 8.98. The zero-order chi connectivity index (χ0) is 13.4. The first-order chi connectivity index (χ1) is 9.26. The van der Waals surface area contributed by atoms with E-state index in [4.69, 9.17) is 11.0 Å². The van der Waals surface area contributed by atoms with E-state index in [-0.39, 0.29) is 5.56 Å². The molecule has 0 saturated carbocycles. The van der Waals surface area contributed by atoms with Crippen molar-refractivity contribution < 1.29 is 4.42 Å². The van der Waals surface area contributed by atoms with Crippen LogP contribution < -0.4 is 5.56 Å². The second kappa shape index (κ2) is 4.14. The van der Waals surface area contributed by atoms with E-state index in [1.165, 1.54) is 17.0 Å². The lowest BCUT2D eigenvalue weighted by molar-refractivity contribution is 0.568. The molecule has 0 aliphatic carbocycles. The van der Waals surface area contributed by atoms with E-state index in [0.29, 0.717) is 29.0 Å². The average Bonchev–Trinajstić information content (AvgIpc) is 3.07. The van der Waals surface area contributed by atoms with Crippen LogP contribution in [0.5, 0.6) is 0 Å². The van der Waals surface area contributed by atoms with Crippen LogP contribution in [0.25, 0.3) is 21.7 Å². The van der Waals surface area contributed by atoms with Crippen LogP contribution in [0.2, 0.25) is 0 Å². The standard InChI is InChI=1S/C13H10N4O2/c1-3-9-11(8-4-5-19-7-8)16-12-10(14-2)6-15-17(12)13(9)18/h4-7,15H,3H2,1H3. The number of hydrogen-bond donors (Lipinski definition) is 1. The van der Waals surface area contributed by atoms with Crippen LogP contribution in [-0.2, 0) is 6.42 Å². The van der Waals surface area contributed by atoms with Gasteiger partial charge in [0, 0.05) is 17.3 Å². The number of nitrogens with one attached hydrogen (secondary N) is 1. The highest BCUT2D eigenvalue weighted by Gasteiger charge is 2.16. The Kier molecular flexibility index (Phi) is 2.46. The van der Waals surface area contributed by atoms with E-state index in [9.17, 15) is 4.79 Å². The Bertz CT molecular complexity index is 834. The van der Waals surface area contributed by atoms with Gasteiger partial charge in [-0.3, -0.25) is 4.79 Å². The first kappa shape index (κ1) is 11.3. The highest BCUT2D eigenvalue weighted by molar-refractivity contribution is 5.72. The Hall–Kier alpha value is -2.81. The second-order valence-corrected chi connectivity index (χ2v) is 4.04. The van der Waals surface area contributed by atoms with E-state index in [0.717, 1.165) is 5.56 Å². The van der Waals surface area contributed by atoms with Crippen LogP contribution in [0.15, 0.2) is 34.0 Å². The maximum absolute atomic E-state index is 12.4. The number of aromatic nitrogens is 3. The van der Waals surface area contributed by atoms with E-state index in [1.807, 2.05) is 6.92 Å². The van der Waals surface area contributed by atoms with Crippen molar-refractivity contribution in [1.29, 1.82) is 0 Å². The van der Waals surface area contributed by atoms with Gasteiger partial charge in [-0.25, -0.2) is 14.3 Å². The molecule has 0 unspecified atom stereocenters. The van der Waals surface area contributed by atoms with Gasteiger partial charge in [-0.05, 0) is 12.5 Å². The molecule has 3 aromatic heterocycles. The summed E-state index contributed by atoms with van der Waals surface area (Å²) in [6, 6.07) is 1.75. The molecule has 6 heteroatoms. The number of aromatic amines is 1. The minimum atomic E-state index is -0.182. The third-order valence-corrected chi connectivity index (χ3v) is 3.00. The Balaban J connectivity index is 2.44. The molecule has 0 radical (unpaired) electrons. The van der Waals surface area contributed by atoms with Crippen LogP contribution in [-0.4, -0.2) is 14.6 Å². The van der Waals surface area contributed by atoms with Crippen molar-refractivity contribution in [3.8, 4) is 11.3 Å². The predicted octanol–water partition coefficient (Wildman–Crippen LogP) is 2.40. The molecule has 0 spiro atoms. The lowest BCUT2D eigenvalue weighted by atomic mass is 10.1. The minimum Gasteiger partial charge on any atom is -0.472 e. The van der Waals surface area contributed by atoms with Crippen molar-refractivity contribution in [3.05, 3.63) is 52.1 Å². The monoisotopic (exact) mass is 254 g/mol. The molecule has 1 N–H and O–H groups in total. The Morgan fingerprint density at radius 1 is 1.58 bits per heavy atom. The van der Waals surface area contributed by atoms with Crippen LogP contribution in [0.1, 0.15) is 12.5 Å². The van der Waals surface area contributed by atoms with Crippen molar-refractivity contribution in [2.75, 3.05) is 0 Å². The van der Waals surface area contributed by atoms with Crippen LogP contribution in [0, 0.1) is 6.57 Å². The highest BCUT2D eigenvalue weighted by atomic mass is 16.3. The number of nitrogens with zero attached hydrogens (tertiary/aromatic N) is 3. The Labute approximate surface area is 108 Å². The lowest BCUT2D eigenvalue weighted by Gasteiger charge is -2.05. The first-order valence-corrected chi connectivity index (χ1v) is 5.79. The molecular weight excluding hydrogens is 244 g/mol. The fraction of sp³-hybridized carbons (Fsp3) is 0.154. The van der Waals surface area contributed by atoms with Crippen molar-refractivity contribution in [3.63, 3.8) is 0 Å². The molecular formula is C13H10N4O2. The Morgan fingerprint density at radius 3 is 3.05 bits per heavy atom. The van der Waals surface area contributed by atoms with Crippen molar-refractivity contribution in [2.24, 2.45) is 0 Å². The fourth-order valence-corrected chi connectivity index (χ4v) is 2.08. The molecule has 3 rings (SSSR count). The molecule has 6 nitrogen and oxygen atoms in total. The number of rotatable bonds is 2. The summed E-state index contributed by atoms with van der Waals surface area (Å²) in [6.07, 6.45) is 5.11. The molecule has 0 saturated heterocycles. The number of hydrogen-bond acceptors (Lipinski definition) is 3. The molecule has 0 aliphatic heterocycles. The zero-order valence-electron chi connectivity index (χ0n) is 10.2. The van der Waals surface area contributed by atoms with Crippen molar-refractivity contribution in [2.45, 2.75) is 13.3 Å². The minimum absolute atomic E-state index is 0.182. The normalized spacial score (nSPS) is 10.7. The summed E-state index contributed by atoms with van der Waals surface area (Å²) >= 11 is 0. The van der Waals surface area contributed by atoms with Gasteiger partial charge in [0.25, 0.3) is 5.56 Å². The van der Waals surface area contributed by atoms with Gasteiger partial charge < -0.3 is 9.52 Å². The molecule has 0 atom stereocenters. The molecule has 0 amide bonds. The summed E-state index contributed by atoms with van der Waals surface area (Å²) < 4.78 is 6.34. The van der Waals surface area contributed by atoms with Crippen molar-refractivity contribution in [1.82, 2.24) is 14.6 Å². The second-order valence-electron chi connectivity index (χ2n) is 4.04. The largest absolute Gasteiger partial charge is 0.472 e. The summed E-state index contributed by atoms with van der Waals surface area (Å²) in [4.78, 5) is 20.2. The predicted molar refractivity (Wildman–Crippen MR) is 69.2 cm³/mol. The smallest absolute Gasteiger partial charge is 0.275 e. The summed E-state index contributed by atoms with van der Waals surface area (Å²) in [5.41, 5.74) is 2.40. The topological polar surface area (TPSA) is 67.7 Å². The van der Waals surface area contributed by atoms with E-state index >= 15 is 0 Å². The first-order valence-electron chi connectivity index (χ1n) is 5.79. The number of fused-ring (bicyclic) bond motifs is 1. The van der Waals surface area contributed by atoms with E-state index in [1.54, 1.807) is 12.3 Å². The SMILES string of the molecule is [C-]#[N+]c1c[nH]n2c(=O)c(CC)c(-c3ccoc3)nc12. The highest BCUT2D eigenvalue weighted by Crippen LogP contribution is 2.24. The maximum atomic E-state index is 12.4. The van der Waals surface area contributed by atoms with Gasteiger partial charge in [0.2, 0.25) is 5.69 Å². The molecule has 0 aromatic carbocycles. The lowest BCUT2D eigenvalue weighted by Crippen LogP contribution is -2.20. The van der Waals surface area contributed by atoms with Gasteiger partial charge in [-0.1, -0.05) is 6.92 Å². The van der Waals surface area contributed by atoms with Gasteiger partial charge >= 0.3 is 0 Å². The number of H-pyrrole nitrogens is 1. The quantitative estimate of drug-likeness (QED) is 0.714. The van der Waals surface area contributed by atoms with Gasteiger partial charge in [0.15, 0.2) is 5.65 Å². The summed E-state index contributed by atoms with van der Waals surface area (Å²) in [5.74, 6) is 0. The molecule has 19 heavy (non-hydrogen) atoms. The van der Waals surface area contributed by atoms with Gasteiger partial charge in [0.1, 0.15) is 0 Å². The van der Waals surface area contributed by atoms with Crippen molar-refractivity contribution >= 4 is 11.3 Å². The van der Waals surface area contributed by atoms with Gasteiger partial charge in [-0.15, -0.1) is 0 Å². The van der Waals surface area contributed by atoms with Crippen LogP contribution >= 0.6 is 0 Å². The molecule has 3 aromatic rings. The van der Waals surface area contributed by atoms with Gasteiger partial charge in [0.05, 0.1) is 24.8 Å². The molecule has 0 aliphatic rings.